The first-order chi connectivity index (χ1) is 6.97. The average molecular weight is 320 g/mol. The van der Waals surface area contributed by atoms with Crippen molar-refractivity contribution in [2.24, 2.45) is 0 Å². The van der Waals surface area contributed by atoms with Crippen molar-refractivity contribution in [1.29, 1.82) is 0 Å². The quantitative estimate of drug-likeness (QED) is 0.385. The van der Waals surface area contributed by atoms with Gasteiger partial charge in [0, 0.05) is 15.1 Å². The fraction of sp³-hybridized carbons (Fsp3) is 0.500. The molecule has 1 aromatic carbocycles. The van der Waals surface area contributed by atoms with Crippen LogP contribution in [0.1, 0.15) is 47.3 Å². The molecule has 0 bridgehead atoms. The third-order valence-corrected chi connectivity index (χ3v) is 3.10. The summed E-state index contributed by atoms with van der Waals surface area (Å²) in [6.07, 6.45) is 0. The van der Waals surface area contributed by atoms with Crippen molar-refractivity contribution >= 4 is 22.6 Å². The zero-order valence-electron chi connectivity index (χ0n) is 9.54. The molecule has 1 unspecified atom stereocenters. The highest BCUT2D eigenvalue weighted by Crippen LogP contribution is 2.37. The maximum Gasteiger partial charge on any atom is 0.172 e. The molecule has 3 heteroatoms. The molecule has 0 aliphatic rings. The van der Waals surface area contributed by atoms with E-state index in [1.165, 1.54) is 5.56 Å². The lowest BCUT2D eigenvalue weighted by molar-refractivity contribution is -0.139. The van der Waals surface area contributed by atoms with Crippen LogP contribution in [-0.2, 0) is 0 Å². The largest absolute Gasteiger partial charge is 0.340 e. The van der Waals surface area contributed by atoms with Crippen LogP contribution in [-0.4, -0.2) is 5.26 Å². The molecule has 15 heavy (non-hydrogen) atoms. The second kappa shape index (κ2) is 5.16. The van der Waals surface area contributed by atoms with Crippen LogP contribution < -0.4 is 4.89 Å². The first-order valence-electron chi connectivity index (χ1n) is 5.07. The molecule has 1 rings (SSSR count). The third-order valence-electron chi connectivity index (χ3n) is 2.43. The van der Waals surface area contributed by atoms with Gasteiger partial charge in [-0.3, -0.25) is 0 Å². The van der Waals surface area contributed by atoms with Crippen molar-refractivity contribution in [1.82, 2.24) is 0 Å². The molecule has 1 aromatic rings. The van der Waals surface area contributed by atoms with Gasteiger partial charge in [0.05, 0.1) is 0 Å². The number of alkyl halides is 1. The van der Waals surface area contributed by atoms with Crippen molar-refractivity contribution < 1.29 is 10.1 Å². The van der Waals surface area contributed by atoms with Gasteiger partial charge in [0.25, 0.3) is 0 Å². The van der Waals surface area contributed by atoms with E-state index in [4.69, 9.17) is 5.26 Å². The Bertz CT molecular complexity index is 316. The normalized spacial score (nSPS) is 13.0. The number of aryl methyl sites for hydroxylation is 1. The second-order valence-corrected chi connectivity index (χ2v) is 6.00. The van der Waals surface area contributed by atoms with Gasteiger partial charge in [-0.2, -0.15) is 0 Å². The number of benzene rings is 1. The summed E-state index contributed by atoms with van der Waals surface area (Å²) in [5.41, 5.74) is 3.33. The number of hydrogen-bond donors (Lipinski definition) is 1. The first kappa shape index (κ1) is 12.8. The van der Waals surface area contributed by atoms with E-state index in [1.807, 2.05) is 0 Å². The van der Waals surface area contributed by atoms with Gasteiger partial charge in [0.1, 0.15) is 0 Å². The molecule has 0 amide bonds. The summed E-state index contributed by atoms with van der Waals surface area (Å²) in [7, 11) is 0. The number of rotatable bonds is 3. The van der Waals surface area contributed by atoms with Gasteiger partial charge in [-0.15, -0.1) is 0 Å². The van der Waals surface area contributed by atoms with Gasteiger partial charge < -0.3 is 4.89 Å². The molecular formula is C12H17IO2. The van der Waals surface area contributed by atoms with Crippen LogP contribution >= 0.6 is 22.6 Å². The molecule has 2 nitrogen and oxygen atoms in total. The smallest absolute Gasteiger partial charge is 0.172 e. The van der Waals surface area contributed by atoms with E-state index in [9.17, 15) is 0 Å². The minimum Gasteiger partial charge on any atom is -0.340 e. The van der Waals surface area contributed by atoms with E-state index in [-0.39, 0.29) is 0 Å². The topological polar surface area (TPSA) is 29.5 Å². The summed E-state index contributed by atoms with van der Waals surface area (Å²) in [4.78, 5) is 4.55. The Morgan fingerprint density at radius 3 is 2.13 bits per heavy atom. The predicted octanol–water partition coefficient (Wildman–Crippen LogP) is 4.47. The lowest BCUT2D eigenvalue weighted by Crippen LogP contribution is -2.01. The molecule has 0 saturated carbocycles. The molecule has 1 atom stereocenters. The van der Waals surface area contributed by atoms with Crippen molar-refractivity contribution in [3.8, 4) is 5.75 Å². The van der Waals surface area contributed by atoms with Crippen molar-refractivity contribution in [2.75, 3.05) is 0 Å². The standard InChI is InChI=1S/C12H17IO2/c1-7(2)10-5-8(3)6-11(9(4)13)12(10)15-14/h5-7,9,14H,1-4H3. The van der Waals surface area contributed by atoms with Crippen molar-refractivity contribution in [3.63, 3.8) is 0 Å². The Hall–Kier alpha value is -0.290. The summed E-state index contributed by atoms with van der Waals surface area (Å²) in [5.74, 6) is 0.971. The highest BCUT2D eigenvalue weighted by atomic mass is 127. The number of halogens is 1. The van der Waals surface area contributed by atoms with E-state index in [0.717, 1.165) is 11.1 Å². The summed E-state index contributed by atoms with van der Waals surface area (Å²) in [6.45, 7) is 8.34. The van der Waals surface area contributed by atoms with Crippen LogP contribution in [0, 0.1) is 6.92 Å². The minimum atomic E-state index is 0.321. The van der Waals surface area contributed by atoms with E-state index >= 15 is 0 Å². The van der Waals surface area contributed by atoms with Gasteiger partial charge in [0.15, 0.2) is 5.75 Å². The Balaban J connectivity index is 3.38. The van der Waals surface area contributed by atoms with Crippen molar-refractivity contribution in [2.45, 2.75) is 37.5 Å². The van der Waals surface area contributed by atoms with Gasteiger partial charge in [-0.1, -0.05) is 54.1 Å². The molecule has 0 fully saturated rings. The first-order valence-corrected chi connectivity index (χ1v) is 6.31. The molecular weight excluding hydrogens is 303 g/mol. The molecule has 0 aromatic heterocycles. The Morgan fingerprint density at radius 2 is 1.73 bits per heavy atom. The molecule has 0 aliphatic heterocycles. The van der Waals surface area contributed by atoms with Crippen LogP contribution in [0.2, 0.25) is 0 Å². The summed E-state index contributed by atoms with van der Waals surface area (Å²) < 4.78 is 0.321. The SMILES string of the molecule is Cc1cc(C(C)C)c(OO)c(C(C)I)c1. The monoisotopic (exact) mass is 320 g/mol. The molecule has 0 heterocycles. The zero-order valence-corrected chi connectivity index (χ0v) is 11.7. The van der Waals surface area contributed by atoms with Crippen molar-refractivity contribution in [3.05, 3.63) is 28.8 Å². The highest BCUT2D eigenvalue weighted by molar-refractivity contribution is 14.1. The van der Waals surface area contributed by atoms with Gasteiger partial charge >= 0.3 is 0 Å². The maximum atomic E-state index is 8.98. The van der Waals surface area contributed by atoms with E-state index in [0.29, 0.717) is 15.6 Å². The minimum absolute atomic E-state index is 0.321. The van der Waals surface area contributed by atoms with E-state index in [2.05, 4.69) is 67.3 Å². The third kappa shape index (κ3) is 2.84. The second-order valence-electron chi connectivity index (χ2n) is 4.13. The van der Waals surface area contributed by atoms with Crippen LogP contribution in [0.5, 0.6) is 5.75 Å². The number of hydrogen-bond acceptors (Lipinski definition) is 2. The summed E-state index contributed by atoms with van der Waals surface area (Å²) in [5, 5.41) is 8.98. The van der Waals surface area contributed by atoms with Gasteiger partial charge in [-0.05, 0) is 19.8 Å². The van der Waals surface area contributed by atoms with Crippen LogP contribution in [0.4, 0.5) is 0 Å². The van der Waals surface area contributed by atoms with Crippen LogP contribution in [0.3, 0.4) is 0 Å². The Labute approximate surface area is 105 Å². The molecule has 0 radical (unpaired) electrons. The molecule has 0 spiro atoms. The average Bonchev–Trinajstić information content (AvgIpc) is 2.16. The lowest BCUT2D eigenvalue weighted by atomic mass is 9.95. The van der Waals surface area contributed by atoms with E-state index in [1.54, 1.807) is 0 Å². The molecule has 0 saturated heterocycles. The fourth-order valence-corrected chi connectivity index (χ4v) is 2.12. The highest BCUT2D eigenvalue weighted by Gasteiger charge is 2.17. The fourth-order valence-electron chi connectivity index (χ4n) is 1.66. The predicted molar refractivity (Wildman–Crippen MR) is 71.0 cm³/mol. The van der Waals surface area contributed by atoms with E-state index < -0.39 is 0 Å². The summed E-state index contributed by atoms with van der Waals surface area (Å²) in [6, 6.07) is 4.13. The zero-order chi connectivity index (χ0) is 11.6. The molecule has 1 N–H and O–H groups in total. The van der Waals surface area contributed by atoms with Gasteiger partial charge in [-0.25, -0.2) is 5.26 Å². The van der Waals surface area contributed by atoms with Gasteiger partial charge in [0.2, 0.25) is 0 Å². The lowest BCUT2D eigenvalue weighted by Gasteiger charge is -2.16. The molecule has 84 valence electrons. The van der Waals surface area contributed by atoms with Crippen LogP contribution in [0.25, 0.3) is 0 Å². The Morgan fingerprint density at radius 1 is 1.20 bits per heavy atom. The van der Waals surface area contributed by atoms with Crippen LogP contribution in [0.15, 0.2) is 12.1 Å². The maximum absolute atomic E-state index is 8.98. The summed E-state index contributed by atoms with van der Waals surface area (Å²) >= 11 is 2.32. The Kier molecular flexibility index (Phi) is 4.40. The molecule has 0 aliphatic carbocycles.